The van der Waals surface area contributed by atoms with Crippen LogP contribution in [0, 0.1) is 5.82 Å². The summed E-state index contributed by atoms with van der Waals surface area (Å²) in [6.45, 7) is 0.753. The van der Waals surface area contributed by atoms with Gasteiger partial charge in [-0.2, -0.15) is 0 Å². The second-order valence-corrected chi connectivity index (χ2v) is 6.15. The molecular formula is C18H23FN2O3. The third-order valence-electron chi connectivity index (χ3n) is 4.15. The van der Waals surface area contributed by atoms with E-state index in [2.05, 4.69) is 5.32 Å². The average Bonchev–Trinajstić information content (AvgIpc) is 2.56. The zero-order chi connectivity index (χ0) is 17.6. The van der Waals surface area contributed by atoms with E-state index in [0.717, 1.165) is 5.56 Å². The molecule has 5 nitrogen and oxygen atoms in total. The molecule has 0 aromatic heterocycles. The van der Waals surface area contributed by atoms with Gasteiger partial charge in [0.25, 0.3) is 0 Å². The maximum atomic E-state index is 12.8. The van der Waals surface area contributed by atoms with Crippen LogP contribution in [0.25, 0.3) is 6.08 Å². The van der Waals surface area contributed by atoms with Crippen molar-refractivity contribution in [3.63, 3.8) is 0 Å². The van der Waals surface area contributed by atoms with E-state index in [4.69, 9.17) is 0 Å². The number of likely N-dealkylation sites (tertiary alicyclic amines) is 1. The predicted molar refractivity (Wildman–Crippen MR) is 89.5 cm³/mol. The van der Waals surface area contributed by atoms with Gasteiger partial charge in [-0.05, 0) is 30.5 Å². The summed E-state index contributed by atoms with van der Waals surface area (Å²) in [6, 6.07) is 6.01. The third-order valence-corrected chi connectivity index (χ3v) is 4.15. The smallest absolute Gasteiger partial charge is 0.226 e. The van der Waals surface area contributed by atoms with E-state index in [-0.39, 0.29) is 37.0 Å². The Balaban J connectivity index is 1.89. The van der Waals surface area contributed by atoms with Crippen molar-refractivity contribution in [1.82, 2.24) is 10.2 Å². The molecule has 24 heavy (non-hydrogen) atoms. The molecule has 2 amide bonds. The standard InChI is InChI=1S/C18H23FN2O3/c1-20-16(22)12-18(24)10-3-11-21(13-18)17(23)5-2-4-14-6-8-15(19)9-7-14/h2,4,6-9,24H,3,5,10-13H2,1H3,(H,20,22)/b4-2+. The molecule has 0 saturated carbocycles. The molecule has 1 aromatic rings. The minimum atomic E-state index is -1.16. The van der Waals surface area contributed by atoms with Gasteiger partial charge in [0.2, 0.25) is 11.8 Å². The van der Waals surface area contributed by atoms with E-state index in [9.17, 15) is 19.1 Å². The Labute approximate surface area is 141 Å². The van der Waals surface area contributed by atoms with Crippen LogP contribution < -0.4 is 5.32 Å². The third kappa shape index (κ3) is 5.16. The minimum Gasteiger partial charge on any atom is -0.388 e. The molecule has 0 aliphatic carbocycles. The van der Waals surface area contributed by atoms with Crippen LogP contribution in [0.15, 0.2) is 30.3 Å². The first-order valence-corrected chi connectivity index (χ1v) is 8.05. The molecule has 0 bridgehead atoms. The SMILES string of the molecule is CNC(=O)CC1(O)CCCN(C(=O)C/C=C/c2ccc(F)cc2)C1. The zero-order valence-electron chi connectivity index (χ0n) is 13.8. The number of carbonyl (C=O) groups is 2. The number of amides is 2. The van der Waals surface area contributed by atoms with Crippen molar-refractivity contribution >= 4 is 17.9 Å². The Hall–Kier alpha value is -2.21. The summed E-state index contributed by atoms with van der Waals surface area (Å²) in [4.78, 5) is 25.4. The number of piperidine rings is 1. The fourth-order valence-corrected chi connectivity index (χ4v) is 2.86. The van der Waals surface area contributed by atoms with E-state index in [1.807, 2.05) is 0 Å². The Bertz CT molecular complexity index is 615. The quantitative estimate of drug-likeness (QED) is 0.861. The summed E-state index contributed by atoms with van der Waals surface area (Å²) in [6.07, 6.45) is 4.86. The highest BCUT2D eigenvalue weighted by Crippen LogP contribution is 2.25. The Morgan fingerprint density at radius 3 is 2.75 bits per heavy atom. The molecule has 130 valence electrons. The number of aliphatic hydroxyl groups is 1. The molecule has 1 unspecified atom stereocenters. The van der Waals surface area contributed by atoms with Crippen molar-refractivity contribution in [2.24, 2.45) is 0 Å². The van der Waals surface area contributed by atoms with Gasteiger partial charge in [-0.3, -0.25) is 9.59 Å². The Morgan fingerprint density at radius 1 is 1.38 bits per heavy atom. The molecule has 1 aromatic carbocycles. The topological polar surface area (TPSA) is 69.6 Å². The van der Waals surface area contributed by atoms with Crippen molar-refractivity contribution < 1.29 is 19.1 Å². The van der Waals surface area contributed by atoms with Crippen molar-refractivity contribution in [1.29, 1.82) is 0 Å². The van der Waals surface area contributed by atoms with Gasteiger partial charge in [-0.1, -0.05) is 24.3 Å². The number of benzene rings is 1. The number of nitrogens with zero attached hydrogens (tertiary/aromatic N) is 1. The van der Waals surface area contributed by atoms with Crippen LogP contribution in [0.5, 0.6) is 0 Å². The van der Waals surface area contributed by atoms with Crippen LogP contribution in [-0.2, 0) is 9.59 Å². The lowest BCUT2D eigenvalue weighted by molar-refractivity contribution is -0.141. The van der Waals surface area contributed by atoms with Gasteiger partial charge in [0.15, 0.2) is 0 Å². The number of carbonyl (C=O) groups excluding carboxylic acids is 2. The van der Waals surface area contributed by atoms with Gasteiger partial charge in [-0.25, -0.2) is 4.39 Å². The molecule has 1 aliphatic heterocycles. The molecule has 1 saturated heterocycles. The molecule has 6 heteroatoms. The number of nitrogens with one attached hydrogen (secondary N) is 1. The van der Waals surface area contributed by atoms with Crippen molar-refractivity contribution in [2.45, 2.75) is 31.3 Å². The Kier molecular flexibility index (Phi) is 6.09. The van der Waals surface area contributed by atoms with Gasteiger partial charge < -0.3 is 15.3 Å². The summed E-state index contributed by atoms with van der Waals surface area (Å²) in [5.41, 5.74) is -0.340. The number of β-amino-alcohol motifs (C(OH)–C–C–N with tert-alkyl or cyclic N) is 1. The van der Waals surface area contributed by atoms with Gasteiger partial charge >= 0.3 is 0 Å². The largest absolute Gasteiger partial charge is 0.388 e. The first kappa shape index (κ1) is 18.1. The van der Waals surface area contributed by atoms with E-state index in [1.165, 1.54) is 19.2 Å². The molecule has 2 N–H and O–H groups in total. The summed E-state index contributed by atoms with van der Waals surface area (Å²) in [5.74, 6) is -0.627. The maximum Gasteiger partial charge on any atom is 0.226 e. The molecular weight excluding hydrogens is 311 g/mol. The number of hydrogen-bond donors (Lipinski definition) is 2. The summed E-state index contributed by atoms with van der Waals surface area (Å²) < 4.78 is 12.8. The highest BCUT2D eigenvalue weighted by molar-refractivity contribution is 5.80. The van der Waals surface area contributed by atoms with Crippen LogP contribution in [-0.4, -0.2) is 47.6 Å². The van der Waals surface area contributed by atoms with E-state index >= 15 is 0 Å². The minimum absolute atomic E-state index is 0.00129. The van der Waals surface area contributed by atoms with Gasteiger partial charge in [0.1, 0.15) is 5.82 Å². The fraction of sp³-hybridized carbons (Fsp3) is 0.444. The highest BCUT2D eigenvalue weighted by Gasteiger charge is 2.36. The van der Waals surface area contributed by atoms with E-state index in [0.29, 0.717) is 19.4 Å². The molecule has 2 rings (SSSR count). The van der Waals surface area contributed by atoms with Crippen LogP contribution >= 0.6 is 0 Å². The second kappa shape index (κ2) is 8.06. The predicted octanol–water partition coefficient (Wildman–Crippen LogP) is 1.72. The van der Waals surface area contributed by atoms with Gasteiger partial charge in [0.05, 0.1) is 12.0 Å². The molecule has 1 heterocycles. The van der Waals surface area contributed by atoms with Gasteiger partial charge in [-0.15, -0.1) is 0 Å². The average molecular weight is 334 g/mol. The van der Waals surface area contributed by atoms with Crippen molar-refractivity contribution in [2.75, 3.05) is 20.1 Å². The summed E-state index contributed by atoms with van der Waals surface area (Å²) in [7, 11) is 1.53. The van der Waals surface area contributed by atoms with Crippen molar-refractivity contribution in [3.8, 4) is 0 Å². The monoisotopic (exact) mass is 334 g/mol. The fourth-order valence-electron chi connectivity index (χ4n) is 2.86. The summed E-state index contributed by atoms with van der Waals surface area (Å²) >= 11 is 0. The van der Waals surface area contributed by atoms with Crippen LogP contribution in [0.3, 0.4) is 0 Å². The first-order chi connectivity index (χ1) is 11.4. The van der Waals surface area contributed by atoms with Gasteiger partial charge in [0, 0.05) is 26.6 Å². The highest BCUT2D eigenvalue weighted by atomic mass is 19.1. The molecule has 0 radical (unpaired) electrons. The molecule has 1 aliphatic rings. The number of hydrogen-bond acceptors (Lipinski definition) is 3. The van der Waals surface area contributed by atoms with Crippen molar-refractivity contribution in [3.05, 3.63) is 41.7 Å². The lowest BCUT2D eigenvalue weighted by atomic mass is 9.89. The lowest BCUT2D eigenvalue weighted by Crippen LogP contribution is -2.52. The first-order valence-electron chi connectivity index (χ1n) is 8.05. The van der Waals surface area contributed by atoms with E-state index < -0.39 is 5.60 Å². The molecule has 1 fully saturated rings. The zero-order valence-corrected chi connectivity index (χ0v) is 13.8. The van der Waals surface area contributed by atoms with E-state index in [1.54, 1.807) is 29.2 Å². The van der Waals surface area contributed by atoms with Crippen LogP contribution in [0.4, 0.5) is 4.39 Å². The summed E-state index contributed by atoms with van der Waals surface area (Å²) in [5, 5.41) is 13.0. The number of rotatable bonds is 5. The molecule has 0 spiro atoms. The van der Waals surface area contributed by atoms with Crippen LogP contribution in [0.2, 0.25) is 0 Å². The van der Waals surface area contributed by atoms with Crippen LogP contribution in [0.1, 0.15) is 31.2 Å². The Morgan fingerprint density at radius 2 is 2.08 bits per heavy atom. The maximum absolute atomic E-state index is 12.8. The molecule has 1 atom stereocenters. The number of halogens is 1. The lowest BCUT2D eigenvalue weighted by Gasteiger charge is -2.38. The second-order valence-electron chi connectivity index (χ2n) is 6.15. The normalized spacial score (nSPS) is 21.0.